The Kier molecular flexibility index (Phi) is 2.54. The Morgan fingerprint density at radius 2 is 1.86 bits per heavy atom. The zero-order valence-electron chi connectivity index (χ0n) is 7.81. The largest absolute Gasteiger partial charge is 0.294 e. The molecule has 0 N–H and O–H groups in total. The SMILES string of the molecule is CC1CC(=O)c2c(Cl)ccc(Cl)c2C1. The van der Waals surface area contributed by atoms with Crippen molar-refractivity contribution in [3.63, 3.8) is 0 Å². The normalized spacial score (nSPS) is 20.8. The molecule has 74 valence electrons. The Hall–Kier alpha value is -0.530. The summed E-state index contributed by atoms with van der Waals surface area (Å²) in [6.07, 6.45) is 1.42. The molecule has 1 aliphatic carbocycles. The van der Waals surface area contributed by atoms with E-state index in [1.807, 2.05) is 0 Å². The molecule has 0 amide bonds. The Balaban J connectivity index is 2.63. The molecule has 1 unspecified atom stereocenters. The summed E-state index contributed by atoms with van der Waals surface area (Å²) >= 11 is 12.0. The number of carbonyl (C=O) groups is 1. The van der Waals surface area contributed by atoms with Crippen LogP contribution in [0.4, 0.5) is 0 Å². The van der Waals surface area contributed by atoms with E-state index in [2.05, 4.69) is 6.92 Å². The van der Waals surface area contributed by atoms with Crippen molar-refractivity contribution in [2.75, 3.05) is 0 Å². The number of fused-ring (bicyclic) bond motifs is 1. The van der Waals surface area contributed by atoms with Gasteiger partial charge in [-0.05, 0) is 30.0 Å². The highest BCUT2D eigenvalue weighted by molar-refractivity contribution is 6.36. The van der Waals surface area contributed by atoms with Gasteiger partial charge < -0.3 is 0 Å². The highest BCUT2D eigenvalue weighted by Gasteiger charge is 2.26. The van der Waals surface area contributed by atoms with Crippen molar-refractivity contribution in [2.45, 2.75) is 19.8 Å². The predicted octanol–water partition coefficient (Wildman–Crippen LogP) is 3.76. The first-order valence-corrected chi connectivity index (χ1v) is 5.35. The zero-order valence-corrected chi connectivity index (χ0v) is 9.32. The number of hydrogen-bond donors (Lipinski definition) is 0. The van der Waals surface area contributed by atoms with Crippen LogP contribution in [0.25, 0.3) is 0 Å². The van der Waals surface area contributed by atoms with Gasteiger partial charge in [0.05, 0.1) is 5.02 Å². The Bertz CT molecular complexity index is 399. The lowest BCUT2D eigenvalue weighted by molar-refractivity contribution is 0.0953. The third-order valence-electron chi connectivity index (χ3n) is 2.57. The second kappa shape index (κ2) is 3.56. The van der Waals surface area contributed by atoms with Gasteiger partial charge in [0, 0.05) is 17.0 Å². The van der Waals surface area contributed by atoms with Gasteiger partial charge in [-0.25, -0.2) is 0 Å². The van der Waals surface area contributed by atoms with Crippen LogP contribution in [0.3, 0.4) is 0 Å². The maximum atomic E-state index is 11.7. The lowest BCUT2D eigenvalue weighted by Gasteiger charge is -2.22. The molecule has 0 saturated heterocycles. The molecule has 0 fully saturated rings. The molecule has 0 saturated carbocycles. The fraction of sp³-hybridized carbons (Fsp3) is 0.364. The summed E-state index contributed by atoms with van der Waals surface area (Å²) in [4.78, 5) is 11.7. The van der Waals surface area contributed by atoms with Crippen molar-refractivity contribution in [1.29, 1.82) is 0 Å². The van der Waals surface area contributed by atoms with Gasteiger partial charge in [-0.2, -0.15) is 0 Å². The first-order valence-electron chi connectivity index (χ1n) is 4.59. The quantitative estimate of drug-likeness (QED) is 0.661. The zero-order chi connectivity index (χ0) is 10.3. The number of ketones is 1. The van der Waals surface area contributed by atoms with Crippen LogP contribution in [0.5, 0.6) is 0 Å². The monoisotopic (exact) mass is 228 g/mol. The number of halogens is 2. The number of benzene rings is 1. The lowest BCUT2D eigenvalue weighted by Crippen LogP contribution is -2.18. The molecular formula is C11H10Cl2O. The smallest absolute Gasteiger partial charge is 0.164 e. The number of hydrogen-bond acceptors (Lipinski definition) is 1. The van der Waals surface area contributed by atoms with E-state index >= 15 is 0 Å². The second-order valence-electron chi connectivity index (χ2n) is 3.82. The van der Waals surface area contributed by atoms with Gasteiger partial charge in [-0.3, -0.25) is 4.79 Å². The van der Waals surface area contributed by atoms with Gasteiger partial charge in [0.2, 0.25) is 0 Å². The van der Waals surface area contributed by atoms with Crippen molar-refractivity contribution in [3.05, 3.63) is 33.3 Å². The van der Waals surface area contributed by atoms with Crippen LogP contribution in [-0.2, 0) is 6.42 Å². The second-order valence-corrected chi connectivity index (χ2v) is 4.63. The Morgan fingerprint density at radius 3 is 2.57 bits per heavy atom. The molecule has 1 aromatic rings. The standard InChI is InChI=1S/C11H10Cl2O/c1-6-4-7-8(12)2-3-9(13)11(7)10(14)5-6/h2-3,6H,4-5H2,1H3. The van der Waals surface area contributed by atoms with E-state index in [9.17, 15) is 4.79 Å². The van der Waals surface area contributed by atoms with Gasteiger partial charge in [-0.15, -0.1) is 0 Å². The van der Waals surface area contributed by atoms with Crippen molar-refractivity contribution >= 4 is 29.0 Å². The lowest BCUT2D eigenvalue weighted by atomic mass is 9.84. The molecule has 0 radical (unpaired) electrons. The van der Waals surface area contributed by atoms with Crippen LogP contribution in [0.15, 0.2) is 12.1 Å². The fourth-order valence-corrected chi connectivity index (χ4v) is 2.45. The van der Waals surface area contributed by atoms with Gasteiger partial charge in [0.25, 0.3) is 0 Å². The minimum atomic E-state index is 0.117. The van der Waals surface area contributed by atoms with Crippen LogP contribution in [0, 0.1) is 5.92 Å². The van der Waals surface area contributed by atoms with Gasteiger partial charge in [0.1, 0.15) is 0 Å². The average Bonchev–Trinajstić information content (AvgIpc) is 2.10. The maximum absolute atomic E-state index is 11.7. The minimum Gasteiger partial charge on any atom is -0.294 e. The van der Waals surface area contributed by atoms with Crippen LogP contribution >= 0.6 is 23.2 Å². The van der Waals surface area contributed by atoms with Crippen LogP contribution in [-0.4, -0.2) is 5.78 Å². The molecule has 1 aliphatic rings. The van der Waals surface area contributed by atoms with E-state index in [0.717, 1.165) is 12.0 Å². The molecule has 1 atom stereocenters. The number of Topliss-reactive ketones (excluding diaryl/α,β-unsaturated/α-hetero) is 1. The third kappa shape index (κ3) is 1.55. The van der Waals surface area contributed by atoms with Crippen LogP contribution in [0.1, 0.15) is 29.3 Å². The molecule has 0 aliphatic heterocycles. The third-order valence-corrected chi connectivity index (χ3v) is 3.24. The molecule has 0 aromatic heterocycles. The van der Waals surface area contributed by atoms with E-state index in [0.29, 0.717) is 27.9 Å². The summed E-state index contributed by atoms with van der Waals surface area (Å²) < 4.78 is 0. The highest BCUT2D eigenvalue weighted by atomic mass is 35.5. The summed E-state index contributed by atoms with van der Waals surface area (Å²) in [6.45, 7) is 2.05. The van der Waals surface area contributed by atoms with E-state index in [4.69, 9.17) is 23.2 Å². The average molecular weight is 229 g/mol. The first kappa shape index (κ1) is 10.0. The van der Waals surface area contributed by atoms with E-state index in [-0.39, 0.29) is 5.78 Å². The van der Waals surface area contributed by atoms with Gasteiger partial charge in [-0.1, -0.05) is 30.1 Å². The summed E-state index contributed by atoms with van der Waals surface area (Å²) in [7, 11) is 0. The molecular weight excluding hydrogens is 219 g/mol. The van der Waals surface area contributed by atoms with Crippen LogP contribution in [0.2, 0.25) is 10.0 Å². The molecule has 1 nitrogen and oxygen atoms in total. The topological polar surface area (TPSA) is 17.1 Å². The molecule has 0 bridgehead atoms. The first-order chi connectivity index (χ1) is 6.59. The van der Waals surface area contributed by atoms with E-state index in [1.165, 1.54) is 0 Å². The molecule has 0 spiro atoms. The summed E-state index contributed by atoms with van der Waals surface area (Å²) in [5, 5.41) is 1.19. The van der Waals surface area contributed by atoms with Crippen molar-refractivity contribution in [1.82, 2.24) is 0 Å². The summed E-state index contributed by atoms with van der Waals surface area (Å²) in [5.41, 5.74) is 1.56. The molecule has 0 heterocycles. The summed E-state index contributed by atoms with van der Waals surface area (Å²) in [5.74, 6) is 0.484. The summed E-state index contributed by atoms with van der Waals surface area (Å²) in [6, 6.07) is 3.45. The molecule has 14 heavy (non-hydrogen) atoms. The van der Waals surface area contributed by atoms with E-state index in [1.54, 1.807) is 12.1 Å². The van der Waals surface area contributed by atoms with Crippen LogP contribution < -0.4 is 0 Å². The maximum Gasteiger partial charge on any atom is 0.164 e. The van der Waals surface area contributed by atoms with E-state index < -0.39 is 0 Å². The van der Waals surface area contributed by atoms with Gasteiger partial charge in [0.15, 0.2) is 5.78 Å². The van der Waals surface area contributed by atoms with Crippen molar-refractivity contribution in [3.8, 4) is 0 Å². The molecule has 2 rings (SSSR count). The van der Waals surface area contributed by atoms with Crippen molar-refractivity contribution in [2.24, 2.45) is 5.92 Å². The number of carbonyl (C=O) groups excluding carboxylic acids is 1. The van der Waals surface area contributed by atoms with Crippen molar-refractivity contribution < 1.29 is 4.79 Å². The molecule has 1 aromatic carbocycles. The Labute approximate surface area is 93.0 Å². The predicted molar refractivity (Wildman–Crippen MR) is 58.3 cm³/mol. The number of rotatable bonds is 0. The molecule has 3 heteroatoms. The Morgan fingerprint density at radius 1 is 1.21 bits per heavy atom. The minimum absolute atomic E-state index is 0.117. The highest BCUT2D eigenvalue weighted by Crippen LogP contribution is 2.34. The fourth-order valence-electron chi connectivity index (χ4n) is 1.93. The van der Waals surface area contributed by atoms with Gasteiger partial charge >= 0.3 is 0 Å².